The van der Waals surface area contributed by atoms with Gasteiger partial charge >= 0.3 is 0 Å². The fourth-order valence-electron chi connectivity index (χ4n) is 2.76. The van der Waals surface area contributed by atoms with Crippen LogP contribution in [0.1, 0.15) is 60.3 Å². The minimum Gasteiger partial charge on any atom is -0.379 e. The van der Waals surface area contributed by atoms with Crippen molar-refractivity contribution >= 4 is 0 Å². The van der Waals surface area contributed by atoms with Gasteiger partial charge in [0.25, 0.3) is 0 Å². The van der Waals surface area contributed by atoms with Crippen molar-refractivity contribution < 1.29 is 4.74 Å². The first-order valence-corrected chi connectivity index (χ1v) is 7.90. The lowest BCUT2D eigenvalue weighted by Crippen LogP contribution is -2.63. The molecule has 0 saturated carbocycles. The lowest BCUT2D eigenvalue weighted by molar-refractivity contribution is -0.00597. The average Bonchev–Trinajstić information content (AvgIpc) is 2.39. The topological polar surface area (TPSA) is 24.5 Å². The molecule has 0 aromatic heterocycles. The average molecular weight is 270 g/mol. The van der Waals surface area contributed by atoms with Crippen molar-refractivity contribution in [2.45, 2.75) is 77.5 Å². The summed E-state index contributed by atoms with van der Waals surface area (Å²) < 4.78 is 5.56. The molecule has 3 nitrogen and oxygen atoms in total. The maximum Gasteiger partial charge on any atom is 0.0634 e. The van der Waals surface area contributed by atoms with Crippen LogP contribution in [0.4, 0.5) is 0 Å². The number of piperazine rings is 1. The number of nitrogens with one attached hydrogen (secondary N) is 1. The van der Waals surface area contributed by atoms with Crippen molar-refractivity contribution in [3.8, 4) is 0 Å². The number of ether oxygens (including phenoxy) is 1. The summed E-state index contributed by atoms with van der Waals surface area (Å²) in [5, 5.41) is 3.75. The van der Waals surface area contributed by atoms with Gasteiger partial charge in [0.15, 0.2) is 0 Å². The molecule has 2 unspecified atom stereocenters. The van der Waals surface area contributed by atoms with Gasteiger partial charge in [-0.05, 0) is 40.0 Å². The van der Waals surface area contributed by atoms with Gasteiger partial charge in [-0.1, -0.05) is 20.3 Å². The van der Waals surface area contributed by atoms with Gasteiger partial charge in [0.05, 0.1) is 5.60 Å². The van der Waals surface area contributed by atoms with E-state index in [1.165, 1.54) is 19.3 Å². The number of hydrogen-bond donors (Lipinski definition) is 1. The van der Waals surface area contributed by atoms with Crippen molar-refractivity contribution in [2.24, 2.45) is 0 Å². The molecule has 1 saturated heterocycles. The van der Waals surface area contributed by atoms with Crippen LogP contribution in [-0.4, -0.2) is 48.8 Å². The second-order valence-corrected chi connectivity index (χ2v) is 6.92. The van der Waals surface area contributed by atoms with Crippen molar-refractivity contribution in [3.05, 3.63) is 0 Å². The van der Waals surface area contributed by atoms with Crippen LogP contribution in [0.5, 0.6) is 0 Å². The zero-order valence-electron chi connectivity index (χ0n) is 13.9. The molecule has 0 bridgehead atoms. The van der Waals surface area contributed by atoms with Gasteiger partial charge in [0.1, 0.15) is 0 Å². The number of methoxy groups -OCH3 is 1. The van der Waals surface area contributed by atoms with Gasteiger partial charge < -0.3 is 10.1 Å². The van der Waals surface area contributed by atoms with E-state index in [0.717, 1.165) is 26.1 Å². The predicted octanol–water partition coefficient (Wildman–Crippen LogP) is 3.04. The van der Waals surface area contributed by atoms with Crippen LogP contribution in [0.15, 0.2) is 0 Å². The number of hydrogen-bond acceptors (Lipinski definition) is 3. The Bertz CT molecular complexity index is 267. The molecule has 114 valence electrons. The summed E-state index contributed by atoms with van der Waals surface area (Å²) in [6.07, 6.45) is 4.85. The SMILES string of the molecule is CCCC1CNC(C)(CC)CN1CCC(C)(C)OC. The monoisotopic (exact) mass is 270 g/mol. The summed E-state index contributed by atoms with van der Waals surface area (Å²) >= 11 is 0. The fraction of sp³-hybridized carbons (Fsp3) is 1.00. The zero-order valence-corrected chi connectivity index (χ0v) is 13.9. The first kappa shape index (κ1) is 16.9. The molecule has 0 aromatic rings. The minimum atomic E-state index is -0.00967. The highest BCUT2D eigenvalue weighted by atomic mass is 16.5. The third-order valence-corrected chi connectivity index (χ3v) is 4.79. The lowest BCUT2D eigenvalue weighted by Gasteiger charge is -2.47. The van der Waals surface area contributed by atoms with Crippen LogP contribution in [-0.2, 0) is 4.74 Å². The molecule has 1 fully saturated rings. The zero-order chi connectivity index (χ0) is 14.5. The van der Waals surface area contributed by atoms with Gasteiger partial charge in [0.2, 0.25) is 0 Å². The van der Waals surface area contributed by atoms with E-state index in [0.29, 0.717) is 6.04 Å². The van der Waals surface area contributed by atoms with Crippen LogP contribution in [0.25, 0.3) is 0 Å². The molecule has 19 heavy (non-hydrogen) atoms. The summed E-state index contributed by atoms with van der Waals surface area (Å²) in [6, 6.07) is 0.692. The number of rotatable bonds is 7. The summed E-state index contributed by atoms with van der Waals surface area (Å²) in [6.45, 7) is 14.7. The third-order valence-electron chi connectivity index (χ3n) is 4.79. The highest BCUT2D eigenvalue weighted by molar-refractivity contribution is 4.94. The molecule has 0 aromatic carbocycles. The van der Waals surface area contributed by atoms with E-state index in [-0.39, 0.29) is 11.1 Å². The van der Waals surface area contributed by atoms with Gasteiger partial charge in [0, 0.05) is 38.3 Å². The van der Waals surface area contributed by atoms with Gasteiger partial charge in [-0.15, -0.1) is 0 Å². The quantitative estimate of drug-likeness (QED) is 0.769. The summed E-state index contributed by atoms with van der Waals surface area (Å²) in [7, 11) is 1.82. The van der Waals surface area contributed by atoms with E-state index in [1.54, 1.807) is 0 Å². The van der Waals surface area contributed by atoms with Crippen LogP contribution >= 0.6 is 0 Å². The highest BCUT2D eigenvalue weighted by Gasteiger charge is 2.34. The summed E-state index contributed by atoms with van der Waals surface area (Å²) in [5.74, 6) is 0. The van der Waals surface area contributed by atoms with Gasteiger partial charge in [-0.3, -0.25) is 4.90 Å². The summed E-state index contributed by atoms with van der Waals surface area (Å²) in [5.41, 5.74) is 0.270. The Morgan fingerprint density at radius 3 is 2.58 bits per heavy atom. The van der Waals surface area contributed by atoms with E-state index in [4.69, 9.17) is 4.74 Å². The molecule has 0 spiro atoms. The molecule has 1 rings (SSSR count). The van der Waals surface area contributed by atoms with Crippen molar-refractivity contribution in [2.75, 3.05) is 26.7 Å². The normalized spacial score (nSPS) is 29.7. The Morgan fingerprint density at radius 2 is 2.05 bits per heavy atom. The molecule has 1 N–H and O–H groups in total. The minimum absolute atomic E-state index is 0.00967. The van der Waals surface area contributed by atoms with Crippen LogP contribution in [0.3, 0.4) is 0 Å². The van der Waals surface area contributed by atoms with E-state index in [2.05, 4.69) is 44.8 Å². The first-order chi connectivity index (χ1) is 8.86. The Hall–Kier alpha value is -0.120. The first-order valence-electron chi connectivity index (χ1n) is 7.90. The van der Waals surface area contributed by atoms with Crippen molar-refractivity contribution in [1.29, 1.82) is 0 Å². The summed E-state index contributed by atoms with van der Waals surface area (Å²) in [4.78, 5) is 2.68. The van der Waals surface area contributed by atoms with E-state index in [9.17, 15) is 0 Å². The predicted molar refractivity (Wildman–Crippen MR) is 82.7 cm³/mol. The molecule has 0 radical (unpaired) electrons. The molecule has 0 aliphatic carbocycles. The smallest absolute Gasteiger partial charge is 0.0634 e. The largest absolute Gasteiger partial charge is 0.379 e. The Balaban J connectivity index is 2.61. The van der Waals surface area contributed by atoms with Crippen LogP contribution < -0.4 is 5.32 Å². The Kier molecular flexibility index (Phi) is 6.28. The third kappa shape index (κ3) is 5.05. The molecular weight excluding hydrogens is 236 g/mol. The molecule has 1 heterocycles. The number of nitrogens with zero attached hydrogens (tertiary/aromatic N) is 1. The van der Waals surface area contributed by atoms with E-state index in [1.807, 2.05) is 7.11 Å². The van der Waals surface area contributed by atoms with Gasteiger partial charge in [-0.25, -0.2) is 0 Å². The Labute approximate surface area is 120 Å². The molecule has 1 aliphatic heterocycles. The standard InChI is InChI=1S/C16H34N2O/c1-7-9-14-12-17-16(5,8-2)13-18(14)11-10-15(3,4)19-6/h14,17H,7-13H2,1-6H3. The lowest BCUT2D eigenvalue weighted by atomic mass is 9.91. The molecule has 1 aliphatic rings. The highest BCUT2D eigenvalue weighted by Crippen LogP contribution is 2.23. The van der Waals surface area contributed by atoms with Gasteiger partial charge in [-0.2, -0.15) is 0 Å². The molecule has 2 atom stereocenters. The van der Waals surface area contributed by atoms with Crippen molar-refractivity contribution in [1.82, 2.24) is 10.2 Å². The van der Waals surface area contributed by atoms with E-state index >= 15 is 0 Å². The van der Waals surface area contributed by atoms with Crippen LogP contribution in [0, 0.1) is 0 Å². The van der Waals surface area contributed by atoms with Crippen LogP contribution in [0.2, 0.25) is 0 Å². The molecule has 0 amide bonds. The Morgan fingerprint density at radius 1 is 1.37 bits per heavy atom. The maximum absolute atomic E-state index is 5.56. The van der Waals surface area contributed by atoms with E-state index < -0.39 is 0 Å². The fourth-order valence-corrected chi connectivity index (χ4v) is 2.76. The van der Waals surface area contributed by atoms with Crippen molar-refractivity contribution in [3.63, 3.8) is 0 Å². The second kappa shape index (κ2) is 7.05. The molecule has 3 heteroatoms. The molecular formula is C16H34N2O. The second-order valence-electron chi connectivity index (χ2n) is 6.92. The maximum atomic E-state index is 5.56.